The molecule has 0 spiro atoms. The van der Waals surface area contributed by atoms with Crippen LogP contribution < -0.4 is 14.2 Å². The van der Waals surface area contributed by atoms with E-state index in [4.69, 9.17) is 14.2 Å². The van der Waals surface area contributed by atoms with Crippen LogP contribution in [0.1, 0.15) is 151 Å². The molecule has 0 amide bonds. The maximum absolute atomic E-state index is 5.56. The molecule has 1 aliphatic carbocycles. The van der Waals surface area contributed by atoms with Crippen molar-refractivity contribution in [2.45, 2.75) is 227 Å². The van der Waals surface area contributed by atoms with Gasteiger partial charge in [-0.05, 0) is 201 Å². The third-order valence-electron chi connectivity index (χ3n) is 16.2. The zero-order chi connectivity index (χ0) is 62.8. The van der Waals surface area contributed by atoms with Gasteiger partial charge in [0.25, 0.3) is 0 Å². The Balaban J connectivity index is 0.000000120. The Hall–Kier alpha value is -5.72. The molecule has 4 aromatic heterocycles. The summed E-state index contributed by atoms with van der Waals surface area (Å²) in [7, 11) is 0. The van der Waals surface area contributed by atoms with Crippen molar-refractivity contribution >= 4 is 47.0 Å². The highest BCUT2D eigenvalue weighted by Crippen LogP contribution is 2.40. The summed E-state index contributed by atoms with van der Waals surface area (Å²) in [5.74, 6) is 3.87. The molecule has 8 atom stereocenters. The first kappa shape index (κ1) is 66.7. The number of aryl methyl sites for hydroxylation is 8. The van der Waals surface area contributed by atoms with Crippen molar-refractivity contribution in [2.24, 2.45) is 5.92 Å². The Morgan fingerprint density at radius 3 is 1.49 bits per heavy atom. The zero-order valence-corrected chi connectivity index (χ0v) is 58.4. The monoisotopic (exact) mass is 1250 g/mol. The molecule has 0 bridgehead atoms. The van der Waals surface area contributed by atoms with Crippen LogP contribution in [0.5, 0.6) is 17.2 Å². The van der Waals surface area contributed by atoms with Gasteiger partial charge in [0, 0.05) is 96.5 Å². The van der Waals surface area contributed by atoms with E-state index in [1.54, 1.807) is 16.7 Å². The van der Waals surface area contributed by atoms with E-state index in [1.807, 2.05) is 98.4 Å². The molecule has 464 valence electrons. The number of hydrogen-bond acceptors (Lipinski definition) is 11. The fraction of sp³-hybridized carbons (Fsp3) is 0.429. The molecule has 16 rings (SSSR count). The normalized spacial score (nSPS) is 21.5. The Morgan fingerprint density at radius 1 is 0.307 bits per heavy atom. The van der Waals surface area contributed by atoms with Crippen LogP contribution in [-0.4, -0.2) is 59.2 Å². The molecule has 11 heterocycles. The molecule has 88 heavy (non-hydrogen) atoms. The lowest BCUT2D eigenvalue weighted by molar-refractivity contribution is 0.254. The van der Waals surface area contributed by atoms with Gasteiger partial charge in [0.15, 0.2) is 0 Å². The topological polar surface area (TPSA) is 79.2 Å². The van der Waals surface area contributed by atoms with Crippen molar-refractivity contribution in [3.63, 3.8) is 0 Å². The molecule has 11 heteroatoms. The molecular weight excluding hydrogens is 1160 g/mol. The molecule has 8 aliphatic rings. The van der Waals surface area contributed by atoms with E-state index < -0.39 is 0 Å². The van der Waals surface area contributed by atoms with Crippen molar-refractivity contribution in [3.05, 3.63) is 217 Å². The van der Waals surface area contributed by atoms with Gasteiger partial charge in [-0.2, -0.15) is 0 Å². The first-order chi connectivity index (χ1) is 42.0. The van der Waals surface area contributed by atoms with Crippen molar-refractivity contribution in [2.75, 3.05) is 0 Å². The summed E-state index contributed by atoms with van der Waals surface area (Å²) in [5, 5.41) is 3.01. The van der Waals surface area contributed by atoms with Gasteiger partial charge in [-0.1, -0.05) is 111 Å². The molecule has 7 nitrogen and oxygen atoms in total. The summed E-state index contributed by atoms with van der Waals surface area (Å²) in [5.41, 5.74) is 22.5. The summed E-state index contributed by atoms with van der Waals surface area (Å²) in [4.78, 5) is 23.3. The summed E-state index contributed by atoms with van der Waals surface area (Å²) in [6.45, 7) is 34.4. The van der Waals surface area contributed by atoms with Gasteiger partial charge in [-0.3, -0.25) is 19.9 Å². The van der Waals surface area contributed by atoms with E-state index in [1.165, 1.54) is 95.6 Å². The summed E-state index contributed by atoms with van der Waals surface area (Å²) in [6, 6.07) is 39.3. The fourth-order valence-electron chi connectivity index (χ4n) is 12.1. The van der Waals surface area contributed by atoms with Crippen LogP contribution >= 0.6 is 47.0 Å². The highest BCUT2D eigenvalue weighted by atomic mass is 32.2. The summed E-state index contributed by atoms with van der Waals surface area (Å²) in [6.07, 6.45) is 15.2. The number of aromatic nitrogens is 4. The fourth-order valence-corrected chi connectivity index (χ4v) is 16.7. The minimum absolute atomic E-state index is 0.305. The number of thioether (sulfide) groups is 4. The molecule has 0 fully saturated rings. The van der Waals surface area contributed by atoms with Crippen molar-refractivity contribution in [1.82, 2.24) is 19.9 Å². The van der Waals surface area contributed by atoms with Crippen LogP contribution in [0.15, 0.2) is 141 Å². The SMILES string of the molecule is Cc1ccc2c(c1)CC(C)C2.Cc1ccc2c(c1)CC(C)O2.Cc1ccc2c(c1)CC(C)S2.Cc1ccc2c(c1)SC(C)C2.Cc1ccc2c(n1)CC(C)O2.Cc1ccc2c(n1)CC(C)S2.Cc1cnc2c(c1)OC(C)C2.Cc1cnc2c(c1)SC(C)C2. The second kappa shape index (κ2) is 30.9. The van der Waals surface area contributed by atoms with Crippen LogP contribution in [0.25, 0.3) is 0 Å². The lowest BCUT2D eigenvalue weighted by Gasteiger charge is -2.01. The standard InChI is InChI=1S/C11H14.C10H12O.2C10H12S.2C9H11NO.2C9H11NS/c1-8-3-4-10-6-9(2)7-11(10)5-8;2*1-7-3-4-10-9(5-7)6-8(2)11-10;1-7-3-4-9-6-8(2)11-10(9)5-7;1-6-3-9-8(10-5-6)4-7(2)11-9;1-6-3-4-9-8(10-6)5-7(2)11-9;1-6-3-9-8(10-5-6)4-7(2)11-9;1-6-3-4-9-8(10-6)5-7(2)11-9/h3-5,9H,6-7H2,1-2H3;3*3-5,8H,6H2,1-2H3;3,5,7H,4H2,1-2H3;3-4,7H,5H2,1-2H3;3,5,7H,4H2,1-2H3;3-4,7H,5H2,1-2H3. The lowest BCUT2D eigenvalue weighted by Crippen LogP contribution is -2.05. The van der Waals surface area contributed by atoms with Gasteiger partial charge in [0.1, 0.15) is 35.6 Å². The molecule has 7 aliphatic heterocycles. The van der Waals surface area contributed by atoms with Gasteiger partial charge < -0.3 is 14.2 Å². The molecule has 4 aromatic carbocycles. The number of pyridine rings is 4. The maximum atomic E-state index is 5.56. The Kier molecular flexibility index (Phi) is 23.4. The van der Waals surface area contributed by atoms with Gasteiger partial charge in [-0.25, -0.2) is 0 Å². The summed E-state index contributed by atoms with van der Waals surface area (Å²) >= 11 is 7.88. The van der Waals surface area contributed by atoms with Crippen molar-refractivity contribution < 1.29 is 14.2 Å². The van der Waals surface area contributed by atoms with Crippen molar-refractivity contribution in [1.29, 1.82) is 0 Å². The van der Waals surface area contributed by atoms with E-state index in [2.05, 4.69) is 201 Å². The van der Waals surface area contributed by atoms with Crippen LogP contribution in [0.4, 0.5) is 0 Å². The van der Waals surface area contributed by atoms with E-state index in [9.17, 15) is 0 Å². The number of fused-ring (bicyclic) bond motifs is 8. The largest absolute Gasteiger partial charge is 0.490 e. The van der Waals surface area contributed by atoms with Gasteiger partial charge in [-0.15, -0.1) is 47.0 Å². The number of rotatable bonds is 0. The van der Waals surface area contributed by atoms with Gasteiger partial charge in [0.05, 0.1) is 22.8 Å². The number of ether oxygens (including phenoxy) is 3. The van der Waals surface area contributed by atoms with E-state index in [-0.39, 0.29) is 0 Å². The minimum atomic E-state index is 0.305. The predicted molar refractivity (Wildman–Crippen MR) is 375 cm³/mol. The van der Waals surface area contributed by atoms with Crippen LogP contribution in [0.2, 0.25) is 0 Å². The average molecular weight is 1250 g/mol. The molecule has 8 unspecified atom stereocenters. The first-order valence-corrected chi connectivity index (χ1v) is 35.4. The smallest absolute Gasteiger partial charge is 0.141 e. The second-order valence-corrected chi connectivity index (χ2v) is 31.7. The summed E-state index contributed by atoms with van der Waals surface area (Å²) < 4.78 is 16.6. The first-order valence-electron chi connectivity index (χ1n) is 31.9. The molecule has 8 aromatic rings. The molecular formula is C77H94N4O3S4. The quantitative estimate of drug-likeness (QED) is 0.146. The van der Waals surface area contributed by atoms with Gasteiger partial charge in [0.2, 0.25) is 0 Å². The maximum Gasteiger partial charge on any atom is 0.141 e. The number of hydrogen-bond donors (Lipinski definition) is 0. The van der Waals surface area contributed by atoms with E-state index >= 15 is 0 Å². The average Bonchev–Trinajstić information content (AvgIpc) is 4.49. The highest BCUT2D eigenvalue weighted by Gasteiger charge is 2.24. The van der Waals surface area contributed by atoms with Crippen LogP contribution in [0, 0.1) is 61.3 Å². The van der Waals surface area contributed by atoms with E-state index in [0.717, 1.165) is 105 Å². The lowest BCUT2D eigenvalue weighted by atomic mass is 10.1. The third-order valence-corrected chi connectivity index (χ3v) is 21.0. The Labute approximate surface area is 545 Å². The Bertz CT molecular complexity index is 2970. The Morgan fingerprint density at radius 2 is 0.761 bits per heavy atom. The molecule has 0 saturated carbocycles. The highest BCUT2D eigenvalue weighted by molar-refractivity contribution is 8.01. The van der Waals surface area contributed by atoms with Gasteiger partial charge >= 0.3 is 0 Å². The van der Waals surface area contributed by atoms with Crippen molar-refractivity contribution in [3.8, 4) is 17.2 Å². The predicted octanol–water partition coefficient (Wildman–Crippen LogP) is 19.4. The number of benzene rings is 4. The molecule has 0 N–H and O–H groups in total. The van der Waals surface area contributed by atoms with Crippen LogP contribution in [0.3, 0.4) is 0 Å². The van der Waals surface area contributed by atoms with Crippen LogP contribution in [-0.2, 0) is 57.8 Å². The second-order valence-electron chi connectivity index (χ2n) is 25.8. The number of nitrogens with zero attached hydrogens (tertiary/aromatic N) is 4. The zero-order valence-electron chi connectivity index (χ0n) is 55.2. The molecule has 0 saturated heterocycles. The third kappa shape index (κ3) is 19.2. The minimum Gasteiger partial charge on any atom is -0.490 e. The molecule has 0 radical (unpaired) electrons. The van der Waals surface area contributed by atoms with E-state index in [0.29, 0.717) is 18.3 Å².